The van der Waals surface area contributed by atoms with Crippen LogP contribution in [0.2, 0.25) is 0 Å². The summed E-state index contributed by atoms with van der Waals surface area (Å²) >= 11 is 0. The lowest BCUT2D eigenvalue weighted by Crippen LogP contribution is -2.16. The van der Waals surface area contributed by atoms with Gasteiger partial charge in [-0.3, -0.25) is 4.79 Å². The average Bonchev–Trinajstić information content (AvgIpc) is 2.69. The summed E-state index contributed by atoms with van der Waals surface area (Å²) in [4.78, 5) is 13.0. The molecule has 0 atom stereocenters. The van der Waals surface area contributed by atoms with Crippen molar-refractivity contribution in [2.24, 2.45) is 0 Å². The topological polar surface area (TPSA) is 34.9 Å². The van der Waals surface area contributed by atoms with Gasteiger partial charge in [-0.25, -0.2) is 4.68 Å². The van der Waals surface area contributed by atoms with Gasteiger partial charge in [-0.15, -0.1) is 0 Å². The number of para-hydroxylation sites is 1. The molecule has 0 radical (unpaired) electrons. The van der Waals surface area contributed by atoms with E-state index in [2.05, 4.69) is 5.10 Å². The molecule has 0 aliphatic rings. The van der Waals surface area contributed by atoms with Gasteiger partial charge in [0.05, 0.1) is 22.2 Å². The van der Waals surface area contributed by atoms with Crippen LogP contribution < -0.4 is 5.43 Å². The van der Waals surface area contributed by atoms with E-state index in [1.807, 2.05) is 19.1 Å². The first-order valence-corrected chi connectivity index (χ1v) is 8.61. The normalized spacial score (nSPS) is 11.7. The van der Waals surface area contributed by atoms with Crippen molar-refractivity contribution < 1.29 is 13.2 Å². The molecule has 1 aromatic heterocycles. The van der Waals surface area contributed by atoms with Crippen LogP contribution >= 0.6 is 0 Å². The molecular weight excluding hydrogens is 365 g/mol. The van der Waals surface area contributed by atoms with Crippen molar-refractivity contribution in [1.82, 2.24) is 9.78 Å². The highest BCUT2D eigenvalue weighted by atomic mass is 19.4. The summed E-state index contributed by atoms with van der Waals surface area (Å²) in [5.41, 5.74) is 1.48. The van der Waals surface area contributed by atoms with Gasteiger partial charge in [-0.05, 0) is 37.3 Å². The standard InChI is InChI=1S/C22H15F3N2O/c1-14-9-11-15(12-10-14)20-21(28)18-7-2-3-8-19(18)27(26-20)17-6-4-5-16(13-17)22(23,24)25/h2-13H,1H3. The Kier molecular flexibility index (Phi) is 4.26. The SMILES string of the molecule is Cc1ccc(-c2nn(-c3cccc(C(F)(F)F)c3)c3ccccc3c2=O)cc1. The van der Waals surface area contributed by atoms with Crippen LogP contribution in [-0.4, -0.2) is 9.78 Å². The average molecular weight is 380 g/mol. The maximum absolute atomic E-state index is 13.2. The van der Waals surface area contributed by atoms with Crippen molar-refractivity contribution in [3.63, 3.8) is 0 Å². The van der Waals surface area contributed by atoms with Gasteiger partial charge >= 0.3 is 6.18 Å². The molecule has 0 unspecified atom stereocenters. The van der Waals surface area contributed by atoms with E-state index in [-0.39, 0.29) is 16.8 Å². The van der Waals surface area contributed by atoms with Crippen molar-refractivity contribution in [2.45, 2.75) is 13.1 Å². The molecule has 0 bridgehead atoms. The van der Waals surface area contributed by atoms with Gasteiger partial charge in [-0.2, -0.15) is 18.3 Å². The lowest BCUT2D eigenvalue weighted by atomic mass is 10.1. The largest absolute Gasteiger partial charge is 0.416 e. The number of hydrogen-bond donors (Lipinski definition) is 0. The number of hydrogen-bond acceptors (Lipinski definition) is 2. The maximum atomic E-state index is 13.2. The summed E-state index contributed by atoms with van der Waals surface area (Å²) in [5, 5.41) is 4.82. The molecule has 0 fully saturated rings. The highest BCUT2D eigenvalue weighted by Crippen LogP contribution is 2.31. The highest BCUT2D eigenvalue weighted by Gasteiger charge is 2.30. The minimum atomic E-state index is -4.47. The lowest BCUT2D eigenvalue weighted by Gasteiger charge is -2.14. The zero-order valence-electron chi connectivity index (χ0n) is 14.9. The van der Waals surface area contributed by atoms with Gasteiger partial charge in [0.1, 0.15) is 5.69 Å². The molecule has 6 heteroatoms. The number of halogens is 3. The third kappa shape index (κ3) is 3.17. The Labute approximate surface area is 158 Å². The highest BCUT2D eigenvalue weighted by molar-refractivity contribution is 5.83. The fourth-order valence-electron chi connectivity index (χ4n) is 3.09. The van der Waals surface area contributed by atoms with Gasteiger partial charge in [0, 0.05) is 5.56 Å². The molecular formula is C22H15F3N2O. The number of alkyl halides is 3. The molecule has 3 aromatic carbocycles. The molecule has 1 heterocycles. The van der Waals surface area contributed by atoms with Crippen molar-refractivity contribution in [3.05, 3.63) is 94.1 Å². The number of benzene rings is 3. The van der Waals surface area contributed by atoms with E-state index in [4.69, 9.17) is 0 Å². The number of fused-ring (bicyclic) bond motifs is 1. The predicted molar refractivity (Wildman–Crippen MR) is 103 cm³/mol. The number of aryl methyl sites for hydroxylation is 1. The molecule has 0 aliphatic carbocycles. The first-order valence-electron chi connectivity index (χ1n) is 8.61. The van der Waals surface area contributed by atoms with E-state index in [1.165, 1.54) is 16.8 Å². The van der Waals surface area contributed by atoms with Crippen LogP contribution in [0.4, 0.5) is 13.2 Å². The Morgan fingerprint density at radius 2 is 1.61 bits per heavy atom. The molecule has 3 nitrogen and oxygen atoms in total. The number of rotatable bonds is 2. The van der Waals surface area contributed by atoms with Crippen LogP contribution in [0.5, 0.6) is 0 Å². The van der Waals surface area contributed by atoms with Crippen molar-refractivity contribution in [2.75, 3.05) is 0 Å². The second-order valence-corrected chi connectivity index (χ2v) is 6.52. The molecule has 0 aliphatic heterocycles. The Morgan fingerprint density at radius 3 is 2.32 bits per heavy atom. The monoisotopic (exact) mass is 380 g/mol. The van der Waals surface area contributed by atoms with Crippen molar-refractivity contribution in [3.8, 4) is 16.9 Å². The molecule has 4 rings (SSSR count). The summed E-state index contributed by atoms with van der Waals surface area (Å²) in [6.07, 6.45) is -4.47. The van der Waals surface area contributed by atoms with E-state index in [0.717, 1.165) is 17.7 Å². The van der Waals surface area contributed by atoms with E-state index in [1.54, 1.807) is 36.4 Å². The van der Waals surface area contributed by atoms with Crippen LogP contribution in [0.25, 0.3) is 27.8 Å². The fourth-order valence-corrected chi connectivity index (χ4v) is 3.09. The second-order valence-electron chi connectivity index (χ2n) is 6.52. The summed E-state index contributed by atoms with van der Waals surface area (Å²) in [6, 6.07) is 19.0. The predicted octanol–water partition coefficient (Wildman–Crippen LogP) is 5.38. The zero-order chi connectivity index (χ0) is 19.9. The Hall–Kier alpha value is -3.41. The third-order valence-corrected chi connectivity index (χ3v) is 4.53. The molecule has 0 N–H and O–H groups in total. The van der Waals surface area contributed by atoms with Crippen LogP contribution in [0, 0.1) is 6.92 Å². The Bertz CT molecular complexity index is 1230. The summed E-state index contributed by atoms with van der Waals surface area (Å²) in [6.45, 7) is 1.93. The Balaban J connectivity index is 2.02. The minimum absolute atomic E-state index is 0.191. The lowest BCUT2D eigenvalue weighted by molar-refractivity contribution is -0.137. The first kappa shape index (κ1) is 18.0. The van der Waals surface area contributed by atoms with Gasteiger partial charge in [0.15, 0.2) is 0 Å². The van der Waals surface area contributed by atoms with E-state index in [0.29, 0.717) is 16.5 Å². The summed E-state index contributed by atoms with van der Waals surface area (Å²) in [7, 11) is 0. The number of nitrogens with zero attached hydrogens (tertiary/aromatic N) is 2. The zero-order valence-corrected chi connectivity index (χ0v) is 14.9. The van der Waals surface area contributed by atoms with E-state index in [9.17, 15) is 18.0 Å². The smallest absolute Gasteiger partial charge is 0.287 e. The summed E-state index contributed by atoms with van der Waals surface area (Å²) < 4.78 is 40.9. The molecule has 0 saturated heterocycles. The third-order valence-electron chi connectivity index (χ3n) is 4.53. The van der Waals surface area contributed by atoms with E-state index < -0.39 is 11.7 Å². The first-order chi connectivity index (χ1) is 13.3. The maximum Gasteiger partial charge on any atom is 0.416 e. The van der Waals surface area contributed by atoms with Gasteiger partial charge in [-0.1, -0.05) is 48.0 Å². The molecule has 4 aromatic rings. The number of aromatic nitrogens is 2. The minimum Gasteiger partial charge on any atom is -0.287 e. The van der Waals surface area contributed by atoms with Gasteiger partial charge in [0.2, 0.25) is 5.43 Å². The molecule has 0 amide bonds. The summed E-state index contributed by atoms with van der Waals surface area (Å²) in [5.74, 6) is 0. The van der Waals surface area contributed by atoms with Crippen LogP contribution in [0.1, 0.15) is 11.1 Å². The van der Waals surface area contributed by atoms with Crippen LogP contribution in [0.15, 0.2) is 77.6 Å². The van der Waals surface area contributed by atoms with E-state index >= 15 is 0 Å². The quantitative estimate of drug-likeness (QED) is 0.468. The fraction of sp³-hybridized carbons (Fsp3) is 0.0909. The Morgan fingerprint density at radius 1 is 0.893 bits per heavy atom. The van der Waals surface area contributed by atoms with Crippen molar-refractivity contribution in [1.29, 1.82) is 0 Å². The molecule has 140 valence electrons. The van der Waals surface area contributed by atoms with Gasteiger partial charge < -0.3 is 0 Å². The van der Waals surface area contributed by atoms with Crippen molar-refractivity contribution >= 4 is 10.9 Å². The second kappa shape index (κ2) is 6.64. The molecule has 0 spiro atoms. The van der Waals surface area contributed by atoms with Crippen LogP contribution in [0.3, 0.4) is 0 Å². The van der Waals surface area contributed by atoms with Crippen LogP contribution in [-0.2, 0) is 6.18 Å². The molecule has 0 saturated carbocycles. The van der Waals surface area contributed by atoms with Gasteiger partial charge in [0.25, 0.3) is 0 Å². The molecule has 28 heavy (non-hydrogen) atoms.